The number of aliphatic hydroxyl groups excluding tert-OH is 1. The second-order valence-corrected chi connectivity index (χ2v) is 6.26. The normalized spacial score (nSPS) is 13.2. The topological polar surface area (TPSA) is 58.6 Å². The Labute approximate surface area is 149 Å². The Kier molecular flexibility index (Phi) is 7.64. The molecule has 0 saturated carbocycles. The van der Waals surface area contributed by atoms with E-state index in [9.17, 15) is 9.90 Å². The molecule has 2 rings (SSSR count). The molecule has 2 aromatic carbocycles. The molecule has 0 fully saturated rings. The van der Waals surface area contributed by atoms with Crippen molar-refractivity contribution in [1.29, 1.82) is 0 Å². The van der Waals surface area contributed by atoms with Gasteiger partial charge in [-0.25, -0.2) is 0 Å². The van der Waals surface area contributed by atoms with E-state index in [1.807, 2.05) is 25.1 Å². The molecule has 2 N–H and O–H groups in total. The summed E-state index contributed by atoms with van der Waals surface area (Å²) in [4.78, 5) is 11.6. The molecule has 134 valence electrons. The van der Waals surface area contributed by atoms with Crippen LogP contribution in [-0.4, -0.2) is 36.2 Å². The SMILES string of the molecule is CCC(=O)c1ccc(OCC(O)CNC(C)Cc2ccccc2)cc1. The summed E-state index contributed by atoms with van der Waals surface area (Å²) in [5, 5.41) is 13.4. The summed E-state index contributed by atoms with van der Waals surface area (Å²) in [7, 11) is 0. The second kappa shape index (κ2) is 9.97. The third-order valence-corrected chi connectivity index (χ3v) is 4.03. The molecule has 0 radical (unpaired) electrons. The molecule has 2 atom stereocenters. The molecule has 2 unspecified atom stereocenters. The Morgan fingerprint density at radius 2 is 1.80 bits per heavy atom. The summed E-state index contributed by atoms with van der Waals surface area (Å²) in [5.74, 6) is 0.771. The third-order valence-electron chi connectivity index (χ3n) is 4.03. The molecule has 0 aliphatic heterocycles. The van der Waals surface area contributed by atoms with Gasteiger partial charge >= 0.3 is 0 Å². The summed E-state index contributed by atoms with van der Waals surface area (Å²) in [6.45, 7) is 4.63. The summed E-state index contributed by atoms with van der Waals surface area (Å²) in [6, 6.07) is 17.6. The van der Waals surface area contributed by atoms with E-state index < -0.39 is 6.10 Å². The Morgan fingerprint density at radius 3 is 2.44 bits per heavy atom. The van der Waals surface area contributed by atoms with Crippen molar-refractivity contribution < 1.29 is 14.6 Å². The van der Waals surface area contributed by atoms with Crippen LogP contribution in [0.5, 0.6) is 5.75 Å². The number of carbonyl (C=O) groups excluding carboxylic acids is 1. The van der Waals surface area contributed by atoms with Gasteiger partial charge in [0.1, 0.15) is 18.5 Å². The highest BCUT2D eigenvalue weighted by atomic mass is 16.5. The Hall–Kier alpha value is -2.17. The average molecular weight is 341 g/mol. The first-order valence-electron chi connectivity index (χ1n) is 8.80. The minimum Gasteiger partial charge on any atom is -0.491 e. The van der Waals surface area contributed by atoms with E-state index in [4.69, 9.17) is 4.74 Å². The van der Waals surface area contributed by atoms with Crippen molar-refractivity contribution in [2.24, 2.45) is 0 Å². The maximum Gasteiger partial charge on any atom is 0.162 e. The van der Waals surface area contributed by atoms with Gasteiger partial charge in [-0.1, -0.05) is 37.3 Å². The predicted molar refractivity (Wildman–Crippen MR) is 100 cm³/mol. The highest BCUT2D eigenvalue weighted by Crippen LogP contribution is 2.13. The molecule has 0 saturated heterocycles. The smallest absolute Gasteiger partial charge is 0.162 e. The van der Waals surface area contributed by atoms with Gasteiger partial charge in [-0.2, -0.15) is 0 Å². The zero-order chi connectivity index (χ0) is 18.1. The number of ether oxygens (including phenoxy) is 1. The highest BCUT2D eigenvalue weighted by molar-refractivity contribution is 5.95. The molecular weight excluding hydrogens is 314 g/mol. The van der Waals surface area contributed by atoms with Gasteiger partial charge in [-0.05, 0) is 43.2 Å². The van der Waals surface area contributed by atoms with Gasteiger partial charge in [0.2, 0.25) is 0 Å². The lowest BCUT2D eigenvalue weighted by atomic mass is 10.1. The molecule has 25 heavy (non-hydrogen) atoms. The van der Waals surface area contributed by atoms with Crippen LogP contribution in [0.3, 0.4) is 0 Å². The van der Waals surface area contributed by atoms with Crippen LogP contribution in [0.15, 0.2) is 54.6 Å². The molecule has 0 spiro atoms. The number of nitrogens with one attached hydrogen (secondary N) is 1. The van der Waals surface area contributed by atoms with Crippen molar-refractivity contribution >= 4 is 5.78 Å². The minimum atomic E-state index is -0.588. The van der Waals surface area contributed by atoms with Crippen LogP contribution in [-0.2, 0) is 6.42 Å². The number of ketones is 1. The number of rotatable bonds is 10. The second-order valence-electron chi connectivity index (χ2n) is 6.26. The van der Waals surface area contributed by atoms with E-state index in [-0.39, 0.29) is 18.4 Å². The first-order valence-corrected chi connectivity index (χ1v) is 8.80. The summed E-state index contributed by atoms with van der Waals surface area (Å²) in [5.41, 5.74) is 1.96. The van der Waals surface area contributed by atoms with Crippen molar-refractivity contribution in [2.75, 3.05) is 13.2 Å². The molecule has 4 heteroatoms. The monoisotopic (exact) mass is 341 g/mol. The van der Waals surface area contributed by atoms with E-state index in [0.717, 1.165) is 6.42 Å². The van der Waals surface area contributed by atoms with Gasteiger partial charge in [0.15, 0.2) is 5.78 Å². The molecule has 0 aromatic heterocycles. The first-order chi connectivity index (χ1) is 12.1. The van der Waals surface area contributed by atoms with Crippen molar-refractivity contribution in [3.63, 3.8) is 0 Å². The number of hydrogen-bond donors (Lipinski definition) is 2. The first kappa shape index (κ1) is 19.2. The van der Waals surface area contributed by atoms with Gasteiger partial charge < -0.3 is 15.2 Å². The van der Waals surface area contributed by atoms with Crippen molar-refractivity contribution in [3.8, 4) is 5.75 Å². The standard InChI is InChI=1S/C21H27NO3/c1-3-21(24)18-9-11-20(12-10-18)25-15-19(23)14-22-16(2)13-17-7-5-4-6-8-17/h4-12,16,19,22-23H,3,13-15H2,1-2H3. The van der Waals surface area contributed by atoms with Crippen molar-refractivity contribution in [2.45, 2.75) is 38.8 Å². The third kappa shape index (κ3) is 6.69. The fraction of sp³-hybridized carbons (Fsp3) is 0.381. The Bertz CT molecular complexity index is 640. The number of carbonyl (C=O) groups is 1. The van der Waals surface area contributed by atoms with Crippen LogP contribution in [0.1, 0.15) is 36.2 Å². The highest BCUT2D eigenvalue weighted by Gasteiger charge is 2.09. The van der Waals surface area contributed by atoms with Crippen LogP contribution in [0.2, 0.25) is 0 Å². The number of Topliss-reactive ketones (excluding diaryl/α,β-unsaturated/α-hetero) is 1. The fourth-order valence-corrected chi connectivity index (χ4v) is 2.57. The molecule has 4 nitrogen and oxygen atoms in total. The minimum absolute atomic E-state index is 0.114. The van der Waals surface area contributed by atoms with Gasteiger partial charge in [0, 0.05) is 24.6 Å². The Balaban J connectivity index is 1.69. The van der Waals surface area contributed by atoms with Gasteiger partial charge in [0.25, 0.3) is 0 Å². The van der Waals surface area contributed by atoms with E-state index in [0.29, 0.717) is 24.3 Å². The molecule has 0 aliphatic rings. The van der Waals surface area contributed by atoms with Crippen LogP contribution >= 0.6 is 0 Å². The number of benzene rings is 2. The van der Waals surface area contributed by atoms with Gasteiger partial charge in [0.05, 0.1) is 0 Å². The average Bonchev–Trinajstić information content (AvgIpc) is 2.65. The quantitative estimate of drug-likeness (QED) is 0.651. The van der Waals surface area contributed by atoms with Crippen molar-refractivity contribution in [1.82, 2.24) is 5.32 Å². The van der Waals surface area contributed by atoms with E-state index in [1.54, 1.807) is 24.3 Å². The summed E-state index contributed by atoms with van der Waals surface area (Å²) < 4.78 is 5.59. The van der Waals surface area contributed by atoms with Crippen LogP contribution in [0, 0.1) is 0 Å². The number of hydrogen-bond acceptors (Lipinski definition) is 4. The lowest BCUT2D eigenvalue weighted by Gasteiger charge is -2.18. The van der Waals surface area contributed by atoms with Gasteiger partial charge in [-0.3, -0.25) is 4.79 Å². The molecule has 2 aromatic rings. The summed E-state index contributed by atoms with van der Waals surface area (Å²) >= 11 is 0. The predicted octanol–water partition coefficient (Wildman–Crippen LogP) is 3.24. The van der Waals surface area contributed by atoms with E-state index >= 15 is 0 Å². The van der Waals surface area contributed by atoms with Crippen molar-refractivity contribution in [3.05, 3.63) is 65.7 Å². The maximum atomic E-state index is 11.6. The molecule has 0 heterocycles. The Morgan fingerprint density at radius 1 is 1.12 bits per heavy atom. The molecule has 0 bridgehead atoms. The lowest BCUT2D eigenvalue weighted by Crippen LogP contribution is -2.37. The molecule has 0 amide bonds. The maximum absolute atomic E-state index is 11.6. The van der Waals surface area contributed by atoms with Gasteiger partial charge in [-0.15, -0.1) is 0 Å². The van der Waals surface area contributed by atoms with Crippen LogP contribution < -0.4 is 10.1 Å². The lowest BCUT2D eigenvalue weighted by molar-refractivity contribution is 0.0986. The fourth-order valence-electron chi connectivity index (χ4n) is 2.57. The molecular formula is C21H27NO3. The van der Waals surface area contributed by atoms with Crippen LogP contribution in [0.4, 0.5) is 0 Å². The van der Waals surface area contributed by atoms with Crippen LogP contribution in [0.25, 0.3) is 0 Å². The summed E-state index contributed by atoms with van der Waals surface area (Å²) in [6.07, 6.45) is 0.822. The molecule has 0 aliphatic carbocycles. The number of aliphatic hydroxyl groups is 1. The zero-order valence-corrected chi connectivity index (χ0v) is 14.9. The largest absolute Gasteiger partial charge is 0.491 e. The van der Waals surface area contributed by atoms with E-state index in [1.165, 1.54) is 5.56 Å². The van der Waals surface area contributed by atoms with E-state index in [2.05, 4.69) is 24.4 Å². The zero-order valence-electron chi connectivity index (χ0n) is 14.9.